The number of aromatic nitrogens is 6. The quantitative estimate of drug-likeness (QED) is 0.388. The Morgan fingerprint density at radius 1 is 1.09 bits per heavy atom. The molecule has 2 aliphatic rings. The van der Waals surface area contributed by atoms with Gasteiger partial charge in [0.05, 0.1) is 24.0 Å². The molecule has 1 aromatic carbocycles. The van der Waals surface area contributed by atoms with Crippen LogP contribution >= 0.6 is 11.6 Å². The Hall–Kier alpha value is -2.97. The maximum Gasteiger partial charge on any atom is 0.182 e. The van der Waals surface area contributed by atoms with E-state index in [-0.39, 0.29) is 0 Å². The van der Waals surface area contributed by atoms with E-state index in [1.807, 2.05) is 13.1 Å². The zero-order valence-corrected chi connectivity index (χ0v) is 19.0. The number of ether oxygens (including phenoxy) is 1. The molecule has 170 valence electrons. The molecule has 0 N–H and O–H groups in total. The first-order chi connectivity index (χ1) is 16.1. The predicted molar refractivity (Wildman–Crippen MR) is 123 cm³/mol. The Morgan fingerprint density at radius 3 is 2.73 bits per heavy atom. The van der Waals surface area contributed by atoms with Crippen molar-refractivity contribution in [2.24, 2.45) is 0 Å². The summed E-state index contributed by atoms with van der Waals surface area (Å²) < 4.78 is 21.8. The van der Waals surface area contributed by atoms with Crippen LogP contribution in [0.4, 0.5) is 4.39 Å². The molecular formula is C24H24ClFN6O. The van der Waals surface area contributed by atoms with Crippen molar-refractivity contribution >= 4 is 22.8 Å². The van der Waals surface area contributed by atoms with Crippen molar-refractivity contribution in [3.63, 3.8) is 0 Å². The molecule has 9 heteroatoms. The third-order valence-electron chi connectivity index (χ3n) is 5.75. The molecule has 6 rings (SSSR count). The molecule has 3 aromatic heterocycles. The number of rotatable bonds is 3. The van der Waals surface area contributed by atoms with E-state index in [1.165, 1.54) is 43.6 Å². The molecule has 4 heterocycles. The lowest BCUT2D eigenvalue weighted by atomic mass is 10.0. The van der Waals surface area contributed by atoms with Gasteiger partial charge in [0.15, 0.2) is 5.65 Å². The molecule has 1 aliphatic carbocycles. The zero-order valence-electron chi connectivity index (χ0n) is 18.3. The third-order valence-corrected chi connectivity index (χ3v) is 5.98. The summed E-state index contributed by atoms with van der Waals surface area (Å²) in [4.78, 5) is 16.6. The van der Waals surface area contributed by atoms with Crippen LogP contribution in [-0.4, -0.2) is 36.3 Å². The second-order valence-corrected chi connectivity index (χ2v) is 8.81. The highest BCUT2D eigenvalue weighted by molar-refractivity contribution is 6.30. The first-order valence-corrected chi connectivity index (χ1v) is 11.5. The van der Waals surface area contributed by atoms with Crippen LogP contribution in [0.5, 0.6) is 0 Å². The van der Waals surface area contributed by atoms with E-state index in [0.717, 1.165) is 18.7 Å². The van der Waals surface area contributed by atoms with E-state index in [4.69, 9.17) is 16.3 Å². The monoisotopic (exact) mass is 466 g/mol. The highest BCUT2D eigenvalue weighted by Crippen LogP contribution is 2.36. The number of fused-ring (bicyclic) bond motifs is 1. The van der Waals surface area contributed by atoms with Gasteiger partial charge in [-0.2, -0.15) is 5.10 Å². The lowest BCUT2D eigenvalue weighted by molar-refractivity contribution is 0.0149. The van der Waals surface area contributed by atoms with Crippen molar-refractivity contribution in [3.8, 4) is 11.3 Å². The SMILES string of the molecule is Cc1cnc2c(-c3ccc(Cl)cc3F)ncnc2n1.c1nn(C2CC2)cc1C1CCCCO1. The fraction of sp³-hybridized carbons (Fsp3) is 0.375. The van der Waals surface area contributed by atoms with Gasteiger partial charge in [0.25, 0.3) is 0 Å². The Morgan fingerprint density at radius 2 is 1.97 bits per heavy atom. The molecule has 1 saturated carbocycles. The summed E-state index contributed by atoms with van der Waals surface area (Å²) in [6, 6.07) is 5.11. The molecular weight excluding hydrogens is 443 g/mol. The van der Waals surface area contributed by atoms with E-state index in [2.05, 4.69) is 35.9 Å². The summed E-state index contributed by atoms with van der Waals surface area (Å²) in [6.07, 6.45) is 13.7. The zero-order chi connectivity index (χ0) is 22.8. The van der Waals surface area contributed by atoms with Gasteiger partial charge in [-0.15, -0.1) is 0 Å². The van der Waals surface area contributed by atoms with Crippen molar-refractivity contribution < 1.29 is 9.13 Å². The predicted octanol–water partition coefficient (Wildman–Crippen LogP) is 5.65. The lowest BCUT2D eigenvalue weighted by Crippen LogP contribution is -2.10. The van der Waals surface area contributed by atoms with E-state index in [0.29, 0.717) is 39.6 Å². The standard InChI is InChI=1S/C13H8ClFN4.C11H16N2O/c1-7-5-16-12-11(17-6-18-13(12)19-7)9-3-2-8(14)4-10(9)15;1-2-6-14-11(3-1)9-7-12-13(8-9)10-4-5-10/h2-6H,1H3;7-8,10-11H,1-6H2. The summed E-state index contributed by atoms with van der Waals surface area (Å²) in [6.45, 7) is 2.73. The number of hydrogen-bond donors (Lipinski definition) is 0. The normalized spacial score (nSPS) is 18.1. The molecule has 4 aromatic rings. The van der Waals surface area contributed by atoms with Gasteiger partial charge in [0, 0.05) is 35.2 Å². The van der Waals surface area contributed by atoms with Gasteiger partial charge in [0.1, 0.15) is 23.4 Å². The Balaban J connectivity index is 0.000000144. The van der Waals surface area contributed by atoms with Crippen LogP contribution in [0.15, 0.2) is 43.1 Å². The van der Waals surface area contributed by atoms with Gasteiger partial charge in [-0.3, -0.25) is 4.68 Å². The summed E-state index contributed by atoms with van der Waals surface area (Å²) in [5.41, 5.74) is 3.67. The van der Waals surface area contributed by atoms with Crippen molar-refractivity contribution in [1.82, 2.24) is 29.7 Å². The number of nitrogens with zero attached hydrogens (tertiary/aromatic N) is 6. The van der Waals surface area contributed by atoms with Crippen LogP contribution in [0.1, 0.15) is 55.5 Å². The summed E-state index contributed by atoms with van der Waals surface area (Å²) in [5.74, 6) is -0.449. The average Bonchev–Trinajstić information content (AvgIpc) is 3.56. The minimum absolute atomic E-state index is 0.316. The molecule has 33 heavy (non-hydrogen) atoms. The number of hydrogen-bond acceptors (Lipinski definition) is 6. The molecule has 1 saturated heterocycles. The van der Waals surface area contributed by atoms with Crippen LogP contribution in [-0.2, 0) is 4.74 Å². The van der Waals surface area contributed by atoms with Crippen LogP contribution in [0.25, 0.3) is 22.4 Å². The van der Waals surface area contributed by atoms with Gasteiger partial charge >= 0.3 is 0 Å². The van der Waals surface area contributed by atoms with E-state index in [9.17, 15) is 4.39 Å². The lowest BCUT2D eigenvalue weighted by Gasteiger charge is -2.21. The van der Waals surface area contributed by atoms with Gasteiger partial charge in [-0.05, 0) is 57.2 Å². The molecule has 7 nitrogen and oxygen atoms in total. The molecule has 2 fully saturated rings. The summed E-state index contributed by atoms with van der Waals surface area (Å²) >= 11 is 5.74. The van der Waals surface area contributed by atoms with E-state index in [1.54, 1.807) is 18.3 Å². The highest BCUT2D eigenvalue weighted by atomic mass is 35.5. The fourth-order valence-electron chi connectivity index (χ4n) is 3.86. The van der Waals surface area contributed by atoms with E-state index >= 15 is 0 Å². The summed E-state index contributed by atoms with van der Waals surface area (Å²) in [5, 5.41) is 4.72. The third kappa shape index (κ3) is 5.02. The second-order valence-electron chi connectivity index (χ2n) is 8.37. The molecule has 0 radical (unpaired) electrons. The second kappa shape index (κ2) is 9.49. The number of benzene rings is 1. The van der Waals surface area contributed by atoms with Crippen molar-refractivity contribution in [2.45, 2.75) is 51.2 Å². The first-order valence-electron chi connectivity index (χ1n) is 11.1. The summed E-state index contributed by atoms with van der Waals surface area (Å²) in [7, 11) is 0. The highest BCUT2D eigenvalue weighted by Gasteiger charge is 2.26. The largest absolute Gasteiger partial charge is 0.373 e. The minimum atomic E-state index is -0.449. The van der Waals surface area contributed by atoms with Crippen LogP contribution in [0.3, 0.4) is 0 Å². The van der Waals surface area contributed by atoms with Crippen LogP contribution < -0.4 is 0 Å². The number of halogens is 2. The molecule has 1 atom stereocenters. The average molecular weight is 467 g/mol. The molecule has 1 aliphatic heterocycles. The maximum atomic E-state index is 14.0. The van der Waals surface area contributed by atoms with Crippen molar-refractivity contribution in [1.29, 1.82) is 0 Å². The maximum absolute atomic E-state index is 14.0. The van der Waals surface area contributed by atoms with Gasteiger partial charge in [-0.25, -0.2) is 24.3 Å². The van der Waals surface area contributed by atoms with Crippen LogP contribution in [0, 0.1) is 12.7 Å². The van der Waals surface area contributed by atoms with Crippen LogP contribution in [0.2, 0.25) is 5.02 Å². The Kier molecular flexibility index (Phi) is 6.28. The van der Waals surface area contributed by atoms with E-state index < -0.39 is 5.82 Å². The van der Waals surface area contributed by atoms with Crippen molar-refractivity contribution in [3.05, 3.63) is 65.2 Å². The first kappa shape index (κ1) is 21.9. The Labute approximate surface area is 196 Å². The molecule has 0 amide bonds. The van der Waals surface area contributed by atoms with Gasteiger partial charge in [0.2, 0.25) is 0 Å². The number of aryl methyl sites for hydroxylation is 1. The smallest absolute Gasteiger partial charge is 0.182 e. The molecule has 0 spiro atoms. The van der Waals surface area contributed by atoms with Gasteiger partial charge < -0.3 is 4.74 Å². The molecule has 1 unspecified atom stereocenters. The Bertz CT molecular complexity index is 1270. The van der Waals surface area contributed by atoms with Crippen molar-refractivity contribution in [2.75, 3.05) is 6.61 Å². The molecule has 0 bridgehead atoms. The minimum Gasteiger partial charge on any atom is -0.373 e. The van der Waals surface area contributed by atoms with Gasteiger partial charge in [-0.1, -0.05) is 11.6 Å². The topological polar surface area (TPSA) is 78.6 Å². The fourth-order valence-corrected chi connectivity index (χ4v) is 4.02.